The summed E-state index contributed by atoms with van der Waals surface area (Å²) < 4.78 is 0.650. The number of nitrogens with two attached hydrogens (primary N) is 1. The summed E-state index contributed by atoms with van der Waals surface area (Å²) in [5, 5.41) is 8.66. The van der Waals surface area contributed by atoms with Crippen molar-refractivity contribution in [3.8, 4) is 0 Å². The summed E-state index contributed by atoms with van der Waals surface area (Å²) in [6, 6.07) is 5.26. The molecule has 0 aliphatic rings. The van der Waals surface area contributed by atoms with E-state index in [0.29, 0.717) is 10.3 Å². The van der Waals surface area contributed by atoms with Crippen LogP contribution in [0.15, 0.2) is 22.8 Å². The molecular weight excluding hydrogens is 248 g/mol. The Morgan fingerprint density at radius 3 is 2.86 bits per heavy atom. The monoisotopic (exact) mass is 258 g/mol. The van der Waals surface area contributed by atoms with Crippen molar-refractivity contribution in [3.63, 3.8) is 0 Å². The molecule has 4 nitrogen and oxygen atoms in total. The molecule has 1 aromatic rings. The van der Waals surface area contributed by atoms with E-state index in [1.165, 1.54) is 0 Å². The highest BCUT2D eigenvalue weighted by molar-refractivity contribution is 9.10. The van der Waals surface area contributed by atoms with Gasteiger partial charge in [0.05, 0.1) is 17.7 Å². The number of halogens is 1. The van der Waals surface area contributed by atoms with Crippen LogP contribution in [-0.4, -0.2) is 16.1 Å². The molecule has 0 radical (unpaired) electrons. The van der Waals surface area contributed by atoms with Crippen molar-refractivity contribution in [3.05, 3.63) is 28.5 Å². The first kappa shape index (κ1) is 11.1. The zero-order valence-corrected chi connectivity index (χ0v) is 9.28. The Hall–Kier alpha value is -0.940. The van der Waals surface area contributed by atoms with Gasteiger partial charge in [-0.1, -0.05) is 6.07 Å². The maximum absolute atomic E-state index is 10.6. The topological polar surface area (TPSA) is 76.2 Å². The molecule has 1 unspecified atom stereocenters. The largest absolute Gasteiger partial charge is 0.481 e. The molecule has 0 aromatic carbocycles. The van der Waals surface area contributed by atoms with E-state index >= 15 is 0 Å². The standard InChI is InChI=1S/C9H11BrN2O2/c1-9(11,5-8(13)14)6-3-2-4-7(10)12-6/h2-4H,5,11H2,1H3,(H,13,14). The Labute approximate surface area is 90.3 Å². The molecule has 0 fully saturated rings. The fourth-order valence-corrected chi connectivity index (χ4v) is 1.47. The van der Waals surface area contributed by atoms with Crippen molar-refractivity contribution in [1.29, 1.82) is 0 Å². The van der Waals surface area contributed by atoms with Crippen molar-refractivity contribution in [2.75, 3.05) is 0 Å². The number of carboxylic acids is 1. The first-order valence-corrected chi connectivity index (χ1v) is 4.85. The Bertz CT molecular complexity index is 352. The van der Waals surface area contributed by atoms with Crippen LogP contribution in [0.1, 0.15) is 19.0 Å². The second-order valence-corrected chi connectivity index (χ2v) is 4.15. The van der Waals surface area contributed by atoms with E-state index in [1.807, 2.05) is 0 Å². The van der Waals surface area contributed by atoms with Crippen molar-refractivity contribution in [2.45, 2.75) is 18.9 Å². The molecular formula is C9H11BrN2O2. The molecule has 0 aliphatic carbocycles. The van der Waals surface area contributed by atoms with Crippen molar-refractivity contribution < 1.29 is 9.90 Å². The van der Waals surface area contributed by atoms with Gasteiger partial charge in [-0.05, 0) is 35.0 Å². The fourth-order valence-electron chi connectivity index (χ4n) is 1.13. The number of carbonyl (C=O) groups is 1. The average molecular weight is 259 g/mol. The third kappa shape index (κ3) is 2.78. The van der Waals surface area contributed by atoms with E-state index in [9.17, 15) is 4.79 Å². The van der Waals surface area contributed by atoms with Crippen molar-refractivity contribution >= 4 is 21.9 Å². The highest BCUT2D eigenvalue weighted by atomic mass is 79.9. The third-order valence-corrected chi connectivity index (χ3v) is 2.26. The van der Waals surface area contributed by atoms with E-state index in [1.54, 1.807) is 25.1 Å². The number of nitrogens with zero attached hydrogens (tertiary/aromatic N) is 1. The number of carboxylic acid groups (broad SMARTS) is 1. The van der Waals surface area contributed by atoms with Crippen LogP contribution in [0.3, 0.4) is 0 Å². The first-order valence-electron chi connectivity index (χ1n) is 4.05. The van der Waals surface area contributed by atoms with Crippen LogP contribution in [0.4, 0.5) is 0 Å². The van der Waals surface area contributed by atoms with E-state index in [-0.39, 0.29) is 6.42 Å². The van der Waals surface area contributed by atoms with Gasteiger partial charge in [0.25, 0.3) is 0 Å². The lowest BCUT2D eigenvalue weighted by atomic mass is 9.94. The highest BCUT2D eigenvalue weighted by Crippen LogP contribution is 2.21. The molecule has 0 saturated carbocycles. The predicted molar refractivity (Wildman–Crippen MR) is 55.7 cm³/mol. The minimum atomic E-state index is -0.935. The van der Waals surface area contributed by atoms with Crippen LogP contribution in [-0.2, 0) is 10.3 Å². The van der Waals surface area contributed by atoms with Gasteiger partial charge in [0.1, 0.15) is 4.60 Å². The summed E-state index contributed by atoms with van der Waals surface area (Å²) in [6.07, 6.45) is -0.142. The third-order valence-electron chi connectivity index (χ3n) is 1.82. The van der Waals surface area contributed by atoms with Gasteiger partial charge in [-0.25, -0.2) is 4.98 Å². The average Bonchev–Trinajstić information content (AvgIpc) is 2.01. The molecule has 1 rings (SSSR count). The SMILES string of the molecule is CC(N)(CC(=O)O)c1cccc(Br)n1. The molecule has 0 bridgehead atoms. The molecule has 3 N–H and O–H groups in total. The molecule has 14 heavy (non-hydrogen) atoms. The number of hydrogen-bond donors (Lipinski definition) is 2. The summed E-state index contributed by atoms with van der Waals surface area (Å²) in [5.41, 5.74) is 5.47. The van der Waals surface area contributed by atoms with E-state index in [0.717, 1.165) is 0 Å². The van der Waals surface area contributed by atoms with E-state index in [4.69, 9.17) is 10.8 Å². The van der Waals surface area contributed by atoms with Gasteiger partial charge in [0.15, 0.2) is 0 Å². The fraction of sp³-hybridized carbons (Fsp3) is 0.333. The van der Waals surface area contributed by atoms with Crippen LogP contribution < -0.4 is 5.73 Å². The number of aliphatic carboxylic acids is 1. The van der Waals surface area contributed by atoms with E-state index < -0.39 is 11.5 Å². The second-order valence-electron chi connectivity index (χ2n) is 3.33. The van der Waals surface area contributed by atoms with Gasteiger partial charge in [-0.3, -0.25) is 4.79 Å². The van der Waals surface area contributed by atoms with Gasteiger partial charge in [0, 0.05) is 0 Å². The highest BCUT2D eigenvalue weighted by Gasteiger charge is 2.26. The van der Waals surface area contributed by atoms with Crippen LogP contribution in [0.5, 0.6) is 0 Å². The molecule has 5 heteroatoms. The van der Waals surface area contributed by atoms with Gasteiger partial charge in [0.2, 0.25) is 0 Å². The van der Waals surface area contributed by atoms with Gasteiger partial charge >= 0.3 is 5.97 Å². The smallest absolute Gasteiger partial charge is 0.305 e. The number of hydrogen-bond acceptors (Lipinski definition) is 3. The lowest BCUT2D eigenvalue weighted by Crippen LogP contribution is -2.36. The Morgan fingerprint density at radius 2 is 2.36 bits per heavy atom. The van der Waals surface area contributed by atoms with Crippen LogP contribution in [0.25, 0.3) is 0 Å². The molecule has 0 saturated heterocycles. The Morgan fingerprint density at radius 1 is 1.71 bits per heavy atom. The van der Waals surface area contributed by atoms with Crippen molar-refractivity contribution in [2.24, 2.45) is 5.73 Å². The minimum absolute atomic E-state index is 0.142. The molecule has 76 valence electrons. The normalized spacial score (nSPS) is 14.8. The van der Waals surface area contributed by atoms with Crippen LogP contribution in [0.2, 0.25) is 0 Å². The molecule has 0 aliphatic heterocycles. The predicted octanol–water partition coefficient (Wildman–Crippen LogP) is 1.49. The van der Waals surface area contributed by atoms with Gasteiger partial charge in [-0.2, -0.15) is 0 Å². The van der Waals surface area contributed by atoms with Crippen LogP contribution in [0, 0.1) is 0 Å². The maximum Gasteiger partial charge on any atom is 0.305 e. The van der Waals surface area contributed by atoms with Crippen LogP contribution >= 0.6 is 15.9 Å². The number of aromatic nitrogens is 1. The maximum atomic E-state index is 10.6. The van der Waals surface area contributed by atoms with Crippen molar-refractivity contribution in [1.82, 2.24) is 4.98 Å². The number of rotatable bonds is 3. The second kappa shape index (κ2) is 4.06. The summed E-state index contributed by atoms with van der Waals surface area (Å²) in [7, 11) is 0. The Balaban J connectivity index is 2.97. The minimum Gasteiger partial charge on any atom is -0.481 e. The summed E-state index contributed by atoms with van der Waals surface area (Å²) in [6.45, 7) is 1.65. The lowest BCUT2D eigenvalue weighted by molar-refractivity contribution is -0.138. The quantitative estimate of drug-likeness (QED) is 0.806. The zero-order chi connectivity index (χ0) is 10.8. The lowest BCUT2D eigenvalue weighted by Gasteiger charge is -2.21. The van der Waals surface area contributed by atoms with Gasteiger partial charge in [-0.15, -0.1) is 0 Å². The van der Waals surface area contributed by atoms with E-state index in [2.05, 4.69) is 20.9 Å². The molecule has 1 atom stereocenters. The molecule has 1 aromatic heterocycles. The first-order chi connectivity index (χ1) is 6.42. The zero-order valence-electron chi connectivity index (χ0n) is 7.70. The summed E-state index contributed by atoms with van der Waals surface area (Å²) in [4.78, 5) is 14.7. The number of pyridine rings is 1. The Kier molecular flexibility index (Phi) is 3.23. The molecule has 0 amide bonds. The summed E-state index contributed by atoms with van der Waals surface area (Å²) >= 11 is 3.21. The summed E-state index contributed by atoms with van der Waals surface area (Å²) in [5.74, 6) is -0.934. The van der Waals surface area contributed by atoms with Gasteiger partial charge < -0.3 is 10.8 Å². The molecule has 1 heterocycles. The molecule has 0 spiro atoms.